The molecule has 1 aromatic carbocycles. The third kappa shape index (κ3) is 2.89. The van der Waals surface area contributed by atoms with Crippen molar-refractivity contribution in [2.75, 3.05) is 4.72 Å². The highest BCUT2D eigenvalue weighted by Gasteiger charge is 2.19. The lowest BCUT2D eigenvalue weighted by Gasteiger charge is -2.07. The number of nitrogens with zero attached hydrogens (tertiary/aromatic N) is 1. The summed E-state index contributed by atoms with van der Waals surface area (Å²) in [4.78, 5) is 10.7. The van der Waals surface area contributed by atoms with Crippen molar-refractivity contribution >= 4 is 32.7 Å². The lowest BCUT2D eigenvalue weighted by atomic mass is 10.3. The van der Waals surface area contributed by atoms with E-state index in [2.05, 4.69) is 4.72 Å². The summed E-state index contributed by atoms with van der Waals surface area (Å²) in [5.41, 5.74) is -0.431. The van der Waals surface area contributed by atoms with Crippen LogP contribution in [0.1, 0.15) is 4.88 Å². The quantitative estimate of drug-likeness (QED) is 0.512. The third-order valence-electron chi connectivity index (χ3n) is 2.42. The minimum atomic E-state index is -3.81. The number of benzene rings is 1. The van der Waals surface area contributed by atoms with Crippen LogP contribution in [0, 0.1) is 17.0 Å². The van der Waals surface area contributed by atoms with Gasteiger partial charge in [-0.25, -0.2) is 8.42 Å². The second-order valence-electron chi connectivity index (χ2n) is 3.93. The van der Waals surface area contributed by atoms with Crippen molar-refractivity contribution < 1.29 is 18.4 Å². The zero-order valence-corrected chi connectivity index (χ0v) is 11.9. The van der Waals surface area contributed by atoms with E-state index < -0.39 is 20.7 Å². The number of sulfonamides is 1. The van der Waals surface area contributed by atoms with Crippen molar-refractivity contribution in [3.63, 3.8) is 0 Å². The Kier molecular flexibility index (Phi) is 3.64. The van der Waals surface area contributed by atoms with Crippen molar-refractivity contribution in [2.24, 2.45) is 0 Å². The number of rotatable bonds is 4. The maximum atomic E-state index is 12.0. The van der Waals surface area contributed by atoms with E-state index in [1.54, 1.807) is 13.0 Å². The van der Waals surface area contributed by atoms with Gasteiger partial charge in [0.25, 0.3) is 15.7 Å². The van der Waals surface area contributed by atoms with Crippen LogP contribution in [0.4, 0.5) is 11.4 Å². The number of anilines is 1. The van der Waals surface area contributed by atoms with E-state index in [1.165, 1.54) is 6.07 Å². The number of thiophene rings is 1. The predicted molar refractivity (Wildman–Crippen MR) is 74.6 cm³/mol. The van der Waals surface area contributed by atoms with Crippen LogP contribution in [-0.4, -0.2) is 18.4 Å². The van der Waals surface area contributed by atoms with E-state index >= 15 is 0 Å². The molecule has 0 saturated heterocycles. The van der Waals surface area contributed by atoms with Gasteiger partial charge in [0, 0.05) is 10.9 Å². The molecule has 0 saturated carbocycles. The number of phenols is 1. The fourth-order valence-corrected chi connectivity index (χ4v) is 3.83. The van der Waals surface area contributed by atoms with Crippen LogP contribution >= 0.6 is 11.3 Å². The first-order chi connectivity index (χ1) is 9.29. The molecule has 2 aromatic rings. The Morgan fingerprint density at radius 2 is 2.00 bits per heavy atom. The molecule has 2 rings (SSSR count). The molecule has 0 aliphatic rings. The summed E-state index contributed by atoms with van der Waals surface area (Å²) in [6.45, 7) is 1.77. The number of nitrogens with one attached hydrogen (secondary N) is 1. The largest absolute Gasteiger partial charge is 0.505 e. The minimum absolute atomic E-state index is 0.104. The second-order valence-corrected chi connectivity index (χ2v) is 7.13. The van der Waals surface area contributed by atoms with Gasteiger partial charge in [-0.05, 0) is 25.1 Å². The highest BCUT2D eigenvalue weighted by molar-refractivity contribution is 7.94. The van der Waals surface area contributed by atoms with Gasteiger partial charge in [0.15, 0.2) is 0 Å². The molecule has 0 fully saturated rings. The molecule has 20 heavy (non-hydrogen) atoms. The number of hydrogen-bond donors (Lipinski definition) is 2. The maximum absolute atomic E-state index is 12.0. The van der Waals surface area contributed by atoms with Crippen LogP contribution in [0.5, 0.6) is 5.75 Å². The van der Waals surface area contributed by atoms with Crippen LogP contribution in [0.25, 0.3) is 0 Å². The molecular formula is C11H10N2O5S2. The Bertz CT molecular complexity index is 767. The first kappa shape index (κ1) is 14.3. The number of phenolic OH excluding ortho intramolecular Hbond substituents is 1. The SMILES string of the molecule is Cc1ccc(S(=O)(=O)Nc2ccc([N+](=O)[O-])cc2O)s1. The number of aryl methyl sites for hydroxylation is 1. The van der Waals surface area contributed by atoms with Gasteiger partial charge < -0.3 is 5.11 Å². The number of non-ortho nitro benzene ring substituents is 1. The van der Waals surface area contributed by atoms with E-state index in [9.17, 15) is 23.6 Å². The van der Waals surface area contributed by atoms with Crippen LogP contribution in [0.3, 0.4) is 0 Å². The summed E-state index contributed by atoms with van der Waals surface area (Å²) < 4.78 is 26.4. The fourth-order valence-electron chi connectivity index (χ4n) is 1.47. The van der Waals surface area contributed by atoms with Gasteiger partial charge in [-0.1, -0.05) is 0 Å². The standard InChI is InChI=1S/C11H10N2O5S2/c1-7-2-5-11(19-7)20(17,18)12-9-4-3-8(13(15)16)6-10(9)14/h2-6,12,14H,1H3. The zero-order valence-electron chi connectivity index (χ0n) is 10.2. The van der Waals surface area contributed by atoms with E-state index in [0.717, 1.165) is 34.4 Å². The molecule has 0 amide bonds. The van der Waals surface area contributed by atoms with Gasteiger partial charge >= 0.3 is 0 Å². The molecule has 0 radical (unpaired) electrons. The van der Waals surface area contributed by atoms with E-state index in [1.807, 2.05) is 0 Å². The van der Waals surface area contributed by atoms with Crippen molar-refractivity contribution in [3.05, 3.63) is 45.3 Å². The summed E-state index contributed by atoms with van der Waals surface area (Å²) in [6.07, 6.45) is 0. The highest BCUT2D eigenvalue weighted by Crippen LogP contribution is 2.31. The molecule has 0 aliphatic heterocycles. The molecule has 106 valence electrons. The summed E-state index contributed by atoms with van der Waals surface area (Å²) in [5, 5.41) is 20.2. The summed E-state index contributed by atoms with van der Waals surface area (Å²) in [6, 6.07) is 6.25. The Balaban J connectivity index is 2.32. The molecule has 1 heterocycles. The van der Waals surface area contributed by atoms with Gasteiger partial charge in [0.2, 0.25) is 0 Å². The molecule has 2 N–H and O–H groups in total. The lowest BCUT2D eigenvalue weighted by Crippen LogP contribution is -2.11. The molecule has 7 nitrogen and oxygen atoms in total. The van der Waals surface area contributed by atoms with E-state index in [0.29, 0.717) is 0 Å². The first-order valence-corrected chi connectivity index (χ1v) is 7.66. The van der Waals surface area contributed by atoms with Gasteiger partial charge in [-0.15, -0.1) is 11.3 Å². The highest BCUT2D eigenvalue weighted by atomic mass is 32.2. The van der Waals surface area contributed by atoms with E-state index in [4.69, 9.17) is 0 Å². The van der Waals surface area contributed by atoms with Gasteiger partial charge in [-0.3, -0.25) is 14.8 Å². The Labute approximate surface area is 118 Å². The molecule has 1 aromatic heterocycles. The molecule has 9 heteroatoms. The van der Waals surface area contributed by atoms with Crippen LogP contribution < -0.4 is 4.72 Å². The van der Waals surface area contributed by atoms with Gasteiger partial charge in [0.05, 0.1) is 16.7 Å². The molecule has 0 atom stereocenters. The lowest BCUT2D eigenvalue weighted by molar-refractivity contribution is -0.384. The topological polar surface area (TPSA) is 110 Å². The van der Waals surface area contributed by atoms with Crippen molar-refractivity contribution in [3.8, 4) is 5.75 Å². The molecule has 0 spiro atoms. The molecule has 0 aliphatic carbocycles. The smallest absolute Gasteiger partial charge is 0.273 e. The van der Waals surface area contributed by atoms with Crippen LogP contribution in [0.2, 0.25) is 0 Å². The second kappa shape index (κ2) is 5.10. The summed E-state index contributed by atoms with van der Waals surface area (Å²) in [5.74, 6) is -0.504. The average molecular weight is 314 g/mol. The monoisotopic (exact) mass is 314 g/mol. The number of nitro benzene ring substituents is 1. The van der Waals surface area contributed by atoms with E-state index in [-0.39, 0.29) is 15.6 Å². The van der Waals surface area contributed by atoms with Gasteiger partial charge in [-0.2, -0.15) is 0 Å². The predicted octanol–water partition coefficient (Wildman–Crippen LogP) is 2.47. The van der Waals surface area contributed by atoms with Crippen LogP contribution in [0.15, 0.2) is 34.5 Å². The molecule has 0 unspecified atom stereocenters. The summed E-state index contributed by atoms with van der Waals surface area (Å²) in [7, 11) is -3.81. The molecule has 0 bridgehead atoms. The normalized spacial score (nSPS) is 11.2. The first-order valence-electron chi connectivity index (χ1n) is 5.36. The van der Waals surface area contributed by atoms with Crippen molar-refractivity contribution in [1.82, 2.24) is 0 Å². The van der Waals surface area contributed by atoms with Crippen molar-refractivity contribution in [1.29, 1.82) is 0 Å². The number of nitro groups is 1. The third-order valence-corrected chi connectivity index (χ3v) is 5.28. The fraction of sp³-hybridized carbons (Fsp3) is 0.0909. The number of aromatic hydroxyl groups is 1. The Morgan fingerprint density at radius 1 is 1.30 bits per heavy atom. The maximum Gasteiger partial charge on any atom is 0.273 e. The van der Waals surface area contributed by atoms with Gasteiger partial charge in [0.1, 0.15) is 9.96 Å². The molecular weight excluding hydrogens is 304 g/mol. The number of hydrogen-bond acceptors (Lipinski definition) is 6. The zero-order chi connectivity index (χ0) is 14.9. The summed E-state index contributed by atoms with van der Waals surface area (Å²) >= 11 is 1.09. The Morgan fingerprint density at radius 3 is 2.50 bits per heavy atom. The minimum Gasteiger partial charge on any atom is -0.505 e. The average Bonchev–Trinajstić information content (AvgIpc) is 2.79. The van der Waals surface area contributed by atoms with Crippen molar-refractivity contribution in [2.45, 2.75) is 11.1 Å². The Hall–Kier alpha value is -2.13. The van der Waals surface area contributed by atoms with Crippen LogP contribution in [-0.2, 0) is 10.0 Å².